The fourth-order valence-electron chi connectivity index (χ4n) is 3.86. The molecule has 1 saturated heterocycles. The Kier molecular flexibility index (Phi) is 6.61. The van der Waals surface area contributed by atoms with Crippen LogP contribution in [-0.2, 0) is 11.3 Å². The highest BCUT2D eigenvalue weighted by atomic mass is 16.5. The third-order valence-electron chi connectivity index (χ3n) is 5.38. The predicted octanol–water partition coefficient (Wildman–Crippen LogP) is 3.34. The molecule has 2 amide bonds. The number of benzene rings is 1. The molecule has 1 saturated carbocycles. The summed E-state index contributed by atoms with van der Waals surface area (Å²) < 4.78 is 16.1. The first-order chi connectivity index (χ1) is 12.7. The highest BCUT2D eigenvalue weighted by Gasteiger charge is 2.28. The Labute approximate surface area is 155 Å². The van der Waals surface area contributed by atoms with Crippen LogP contribution >= 0.6 is 0 Å². The van der Waals surface area contributed by atoms with Crippen molar-refractivity contribution < 1.29 is 19.0 Å². The van der Waals surface area contributed by atoms with E-state index in [1.807, 2.05) is 23.1 Å². The zero-order valence-corrected chi connectivity index (χ0v) is 15.8. The normalized spacial score (nSPS) is 18.5. The molecule has 0 spiro atoms. The molecule has 2 aliphatic rings. The Hall–Kier alpha value is -1.95. The van der Waals surface area contributed by atoms with Crippen molar-refractivity contribution in [1.82, 2.24) is 10.2 Å². The van der Waals surface area contributed by atoms with E-state index in [9.17, 15) is 4.79 Å². The Morgan fingerprint density at radius 2 is 1.81 bits per heavy atom. The molecular weight excluding hydrogens is 332 g/mol. The number of carbonyl (C=O) groups is 1. The van der Waals surface area contributed by atoms with Crippen LogP contribution in [0.1, 0.15) is 44.1 Å². The summed E-state index contributed by atoms with van der Waals surface area (Å²) in [5, 5.41) is 3.22. The Morgan fingerprint density at radius 1 is 1.12 bits per heavy atom. The molecule has 0 bridgehead atoms. The molecule has 144 valence electrons. The van der Waals surface area contributed by atoms with Crippen molar-refractivity contribution >= 4 is 6.03 Å². The van der Waals surface area contributed by atoms with Crippen LogP contribution in [0.25, 0.3) is 0 Å². The molecule has 3 rings (SSSR count). The summed E-state index contributed by atoms with van der Waals surface area (Å²) >= 11 is 0. The van der Waals surface area contributed by atoms with E-state index in [-0.39, 0.29) is 12.1 Å². The standard InChI is InChI=1S/C20H30N2O4/c1-24-18-8-7-15(13-19(18)25-2)14-22(17-5-3-4-6-17)20(23)21-16-9-11-26-12-10-16/h7-8,13,16-17H,3-6,9-12,14H2,1-2H3,(H,21,23). The van der Waals surface area contributed by atoms with Gasteiger partial charge in [-0.3, -0.25) is 0 Å². The van der Waals surface area contributed by atoms with Gasteiger partial charge in [0, 0.05) is 31.8 Å². The average molecular weight is 362 g/mol. The van der Waals surface area contributed by atoms with Gasteiger partial charge in [-0.25, -0.2) is 4.79 Å². The molecule has 6 nitrogen and oxygen atoms in total. The van der Waals surface area contributed by atoms with Crippen molar-refractivity contribution in [1.29, 1.82) is 0 Å². The zero-order chi connectivity index (χ0) is 18.4. The summed E-state index contributed by atoms with van der Waals surface area (Å²) in [6.45, 7) is 2.04. The number of ether oxygens (including phenoxy) is 3. The van der Waals surface area contributed by atoms with Gasteiger partial charge < -0.3 is 24.4 Å². The maximum absolute atomic E-state index is 13.0. The van der Waals surface area contributed by atoms with E-state index in [0.717, 1.165) is 44.5 Å². The van der Waals surface area contributed by atoms with Crippen molar-refractivity contribution in [2.24, 2.45) is 0 Å². The third-order valence-corrected chi connectivity index (χ3v) is 5.38. The van der Waals surface area contributed by atoms with Gasteiger partial charge in [-0.1, -0.05) is 18.9 Å². The molecular formula is C20H30N2O4. The molecule has 2 fully saturated rings. The molecule has 1 aliphatic carbocycles. The number of nitrogens with one attached hydrogen (secondary N) is 1. The molecule has 0 atom stereocenters. The second-order valence-corrected chi connectivity index (χ2v) is 7.09. The first kappa shape index (κ1) is 18.8. The van der Waals surface area contributed by atoms with Gasteiger partial charge in [0.15, 0.2) is 11.5 Å². The van der Waals surface area contributed by atoms with Crippen LogP contribution in [0.4, 0.5) is 4.79 Å². The lowest BCUT2D eigenvalue weighted by Gasteiger charge is -2.32. The van der Waals surface area contributed by atoms with E-state index in [1.165, 1.54) is 12.8 Å². The summed E-state index contributed by atoms with van der Waals surface area (Å²) in [6.07, 6.45) is 6.32. The minimum Gasteiger partial charge on any atom is -0.493 e. The quantitative estimate of drug-likeness (QED) is 0.843. The van der Waals surface area contributed by atoms with E-state index in [4.69, 9.17) is 14.2 Å². The summed E-state index contributed by atoms with van der Waals surface area (Å²) in [6, 6.07) is 6.43. The minimum atomic E-state index is 0.0404. The Bertz CT molecular complexity index is 595. The highest BCUT2D eigenvalue weighted by Crippen LogP contribution is 2.30. The first-order valence-corrected chi connectivity index (χ1v) is 9.57. The maximum Gasteiger partial charge on any atom is 0.318 e. The molecule has 0 unspecified atom stereocenters. The summed E-state index contributed by atoms with van der Waals surface area (Å²) in [5.41, 5.74) is 1.05. The van der Waals surface area contributed by atoms with Crippen molar-refractivity contribution in [3.05, 3.63) is 23.8 Å². The van der Waals surface area contributed by atoms with E-state index in [0.29, 0.717) is 24.1 Å². The fourth-order valence-corrected chi connectivity index (χ4v) is 3.86. The molecule has 1 N–H and O–H groups in total. The molecule has 0 aromatic heterocycles. The number of hydrogen-bond acceptors (Lipinski definition) is 4. The van der Waals surface area contributed by atoms with Crippen molar-refractivity contribution in [3.8, 4) is 11.5 Å². The molecule has 6 heteroatoms. The van der Waals surface area contributed by atoms with Gasteiger partial charge in [0.05, 0.1) is 14.2 Å². The summed E-state index contributed by atoms with van der Waals surface area (Å²) in [4.78, 5) is 15.0. The van der Waals surface area contributed by atoms with Crippen molar-refractivity contribution in [3.63, 3.8) is 0 Å². The van der Waals surface area contributed by atoms with Gasteiger partial charge in [0.25, 0.3) is 0 Å². The first-order valence-electron chi connectivity index (χ1n) is 9.57. The molecule has 1 aliphatic heterocycles. The van der Waals surface area contributed by atoms with E-state index >= 15 is 0 Å². The van der Waals surface area contributed by atoms with Crippen molar-refractivity contribution in [2.45, 2.75) is 57.2 Å². The Balaban J connectivity index is 1.72. The van der Waals surface area contributed by atoms with Crippen LogP contribution in [0.2, 0.25) is 0 Å². The van der Waals surface area contributed by atoms with Crippen LogP contribution in [0.5, 0.6) is 11.5 Å². The number of nitrogens with zero attached hydrogens (tertiary/aromatic N) is 1. The number of urea groups is 1. The number of carbonyl (C=O) groups excluding carboxylic acids is 1. The van der Waals surface area contributed by atoms with E-state index < -0.39 is 0 Å². The molecule has 1 aromatic rings. The van der Waals surface area contributed by atoms with Crippen LogP contribution in [0.15, 0.2) is 18.2 Å². The van der Waals surface area contributed by atoms with Gasteiger partial charge in [-0.2, -0.15) is 0 Å². The lowest BCUT2D eigenvalue weighted by molar-refractivity contribution is 0.0767. The maximum atomic E-state index is 13.0. The lowest BCUT2D eigenvalue weighted by Crippen LogP contribution is -2.49. The fraction of sp³-hybridized carbons (Fsp3) is 0.650. The molecule has 26 heavy (non-hydrogen) atoms. The number of methoxy groups -OCH3 is 2. The van der Waals surface area contributed by atoms with Gasteiger partial charge in [0.1, 0.15) is 0 Å². The lowest BCUT2D eigenvalue weighted by atomic mass is 10.1. The predicted molar refractivity (Wildman–Crippen MR) is 99.7 cm³/mol. The number of hydrogen-bond donors (Lipinski definition) is 1. The monoisotopic (exact) mass is 362 g/mol. The number of amides is 2. The minimum absolute atomic E-state index is 0.0404. The number of rotatable bonds is 6. The molecule has 0 radical (unpaired) electrons. The largest absolute Gasteiger partial charge is 0.493 e. The second kappa shape index (κ2) is 9.12. The SMILES string of the molecule is COc1ccc(CN(C(=O)NC2CCOCC2)C2CCCC2)cc1OC. The highest BCUT2D eigenvalue weighted by molar-refractivity contribution is 5.75. The van der Waals surface area contributed by atoms with Crippen molar-refractivity contribution in [2.75, 3.05) is 27.4 Å². The van der Waals surface area contributed by atoms with Gasteiger partial charge >= 0.3 is 6.03 Å². The molecule has 1 aromatic carbocycles. The van der Waals surface area contributed by atoms with Crippen LogP contribution in [-0.4, -0.2) is 50.4 Å². The van der Waals surface area contributed by atoms with Crippen LogP contribution < -0.4 is 14.8 Å². The summed E-state index contributed by atoms with van der Waals surface area (Å²) in [5.74, 6) is 1.40. The smallest absolute Gasteiger partial charge is 0.318 e. The van der Waals surface area contributed by atoms with Crippen LogP contribution in [0.3, 0.4) is 0 Å². The van der Waals surface area contributed by atoms with Gasteiger partial charge in [0.2, 0.25) is 0 Å². The second-order valence-electron chi connectivity index (χ2n) is 7.09. The van der Waals surface area contributed by atoms with Gasteiger partial charge in [-0.15, -0.1) is 0 Å². The van der Waals surface area contributed by atoms with Gasteiger partial charge in [-0.05, 0) is 43.4 Å². The summed E-state index contributed by atoms with van der Waals surface area (Å²) in [7, 11) is 3.26. The van der Waals surface area contributed by atoms with E-state index in [2.05, 4.69) is 5.32 Å². The van der Waals surface area contributed by atoms with E-state index in [1.54, 1.807) is 14.2 Å². The Morgan fingerprint density at radius 3 is 2.46 bits per heavy atom. The average Bonchev–Trinajstić information content (AvgIpc) is 3.21. The zero-order valence-electron chi connectivity index (χ0n) is 15.8. The van der Waals surface area contributed by atoms with Crippen LogP contribution in [0, 0.1) is 0 Å². The molecule has 1 heterocycles. The third kappa shape index (κ3) is 4.61. The topological polar surface area (TPSA) is 60.0 Å².